The number of halogens is 1. The minimum absolute atomic E-state index is 0.265. The Kier molecular flexibility index (Phi) is 4.00. The third-order valence-corrected chi connectivity index (χ3v) is 3.17. The summed E-state index contributed by atoms with van der Waals surface area (Å²) in [5.41, 5.74) is 0.684. The predicted molar refractivity (Wildman–Crippen MR) is 72.2 cm³/mol. The van der Waals surface area contributed by atoms with Crippen molar-refractivity contribution in [2.24, 2.45) is 0 Å². The van der Waals surface area contributed by atoms with E-state index in [-0.39, 0.29) is 5.82 Å². The molecule has 2 rings (SSSR count). The highest BCUT2D eigenvalue weighted by Gasteiger charge is 2.25. The maximum absolute atomic E-state index is 12.9. The monoisotopic (exact) mass is 262 g/mol. The molecule has 0 aliphatic rings. The van der Waals surface area contributed by atoms with E-state index in [1.807, 2.05) is 10.9 Å². The molecule has 1 unspecified atom stereocenters. The fourth-order valence-electron chi connectivity index (χ4n) is 2.09. The zero-order chi connectivity index (χ0) is 13.9. The van der Waals surface area contributed by atoms with Crippen LogP contribution in [0.4, 0.5) is 4.39 Å². The van der Waals surface area contributed by atoms with Crippen molar-refractivity contribution < 1.29 is 9.50 Å². The molecule has 19 heavy (non-hydrogen) atoms. The van der Waals surface area contributed by atoms with Crippen molar-refractivity contribution in [3.05, 3.63) is 53.6 Å². The lowest BCUT2D eigenvalue weighted by atomic mass is 9.91. The Balaban J connectivity index is 2.14. The topological polar surface area (TPSA) is 38.0 Å². The van der Waals surface area contributed by atoms with Crippen molar-refractivity contribution in [1.29, 1.82) is 0 Å². The van der Waals surface area contributed by atoms with Gasteiger partial charge in [-0.1, -0.05) is 19.1 Å². The third-order valence-electron chi connectivity index (χ3n) is 3.17. The zero-order valence-corrected chi connectivity index (χ0v) is 11.3. The molecule has 1 atom stereocenters. The number of hydrogen-bond acceptors (Lipinski definition) is 2. The van der Waals surface area contributed by atoms with E-state index in [0.717, 1.165) is 24.1 Å². The molecule has 0 bridgehead atoms. The second-order valence-corrected chi connectivity index (χ2v) is 5.07. The largest absolute Gasteiger partial charge is 0.385 e. The molecule has 4 heteroatoms. The van der Waals surface area contributed by atoms with E-state index in [1.54, 1.807) is 25.3 Å². The predicted octanol–water partition coefficient (Wildman–Crippen LogP) is 2.88. The fourth-order valence-corrected chi connectivity index (χ4v) is 2.09. The lowest BCUT2D eigenvalue weighted by Crippen LogP contribution is -2.23. The molecule has 0 radical (unpaired) electrons. The first-order chi connectivity index (χ1) is 9.01. The number of rotatable bonds is 5. The van der Waals surface area contributed by atoms with E-state index in [2.05, 4.69) is 12.0 Å². The SMILES string of the molecule is CCCn1cc(C(C)(O)Cc2ccc(F)cc2)cn1. The van der Waals surface area contributed by atoms with E-state index >= 15 is 0 Å². The molecule has 1 heterocycles. The summed E-state index contributed by atoms with van der Waals surface area (Å²) in [7, 11) is 0. The molecule has 1 N–H and O–H groups in total. The molecule has 102 valence electrons. The highest BCUT2D eigenvalue weighted by Crippen LogP contribution is 2.25. The van der Waals surface area contributed by atoms with Gasteiger partial charge < -0.3 is 5.11 Å². The fraction of sp³-hybridized carbons (Fsp3) is 0.400. The van der Waals surface area contributed by atoms with Gasteiger partial charge in [-0.2, -0.15) is 5.10 Å². The molecule has 0 amide bonds. The second-order valence-electron chi connectivity index (χ2n) is 5.07. The highest BCUT2D eigenvalue weighted by atomic mass is 19.1. The Bertz CT molecular complexity index is 531. The molecule has 0 saturated heterocycles. The lowest BCUT2D eigenvalue weighted by Gasteiger charge is -2.21. The first-order valence-corrected chi connectivity index (χ1v) is 6.51. The first-order valence-electron chi connectivity index (χ1n) is 6.51. The summed E-state index contributed by atoms with van der Waals surface area (Å²) in [6, 6.07) is 6.21. The van der Waals surface area contributed by atoms with Gasteiger partial charge in [-0.3, -0.25) is 4.68 Å². The first kappa shape index (κ1) is 13.7. The Morgan fingerprint density at radius 1 is 1.32 bits per heavy atom. The van der Waals surface area contributed by atoms with Gasteiger partial charge in [-0.25, -0.2) is 4.39 Å². The Labute approximate surface area is 112 Å². The van der Waals surface area contributed by atoms with Gasteiger partial charge in [0.2, 0.25) is 0 Å². The molecule has 0 fully saturated rings. The minimum atomic E-state index is -0.996. The summed E-state index contributed by atoms with van der Waals surface area (Å²) in [6.07, 6.45) is 5.00. The Hall–Kier alpha value is -1.68. The molecule has 0 aliphatic heterocycles. The van der Waals surface area contributed by atoms with Gasteiger partial charge in [0.15, 0.2) is 0 Å². The number of benzene rings is 1. The minimum Gasteiger partial charge on any atom is -0.385 e. The zero-order valence-electron chi connectivity index (χ0n) is 11.3. The van der Waals surface area contributed by atoms with Crippen LogP contribution >= 0.6 is 0 Å². The van der Waals surface area contributed by atoms with Crippen molar-refractivity contribution >= 4 is 0 Å². The molecule has 2 aromatic rings. The van der Waals surface area contributed by atoms with E-state index < -0.39 is 5.60 Å². The van der Waals surface area contributed by atoms with Gasteiger partial charge in [0, 0.05) is 24.7 Å². The van der Waals surface area contributed by atoms with Crippen molar-refractivity contribution in [3.63, 3.8) is 0 Å². The van der Waals surface area contributed by atoms with Crippen LogP contribution in [-0.4, -0.2) is 14.9 Å². The van der Waals surface area contributed by atoms with Gasteiger partial charge in [-0.05, 0) is 31.0 Å². The highest BCUT2D eigenvalue weighted by molar-refractivity contribution is 5.23. The lowest BCUT2D eigenvalue weighted by molar-refractivity contribution is 0.0575. The van der Waals surface area contributed by atoms with E-state index in [9.17, 15) is 9.50 Å². The second kappa shape index (κ2) is 5.53. The number of aromatic nitrogens is 2. The van der Waals surface area contributed by atoms with Crippen LogP contribution in [0.1, 0.15) is 31.4 Å². The van der Waals surface area contributed by atoms with Crippen molar-refractivity contribution in [3.8, 4) is 0 Å². The van der Waals surface area contributed by atoms with E-state index in [0.29, 0.717) is 6.42 Å². The molecule has 1 aromatic heterocycles. The van der Waals surface area contributed by atoms with Crippen LogP contribution < -0.4 is 0 Å². The number of aryl methyl sites for hydroxylation is 1. The van der Waals surface area contributed by atoms with Crippen LogP contribution in [0.3, 0.4) is 0 Å². The normalized spacial score (nSPS) is 14.3. The number of hydrogen-bond donors (Lipinski definition) is 1. The van der Waals surface area contributed by atoms with Gasteiger partial charge in [-0.15, -0.1) is 0 Å². The van der Waals surface area contributed by atoms with Crippen LogP contribution in [0.25, 0.3) is 0 Å². The van der Waals surface area contributed by atoms with Crippen molar-refractivity contribution in [2.45, 2.75) is 38.8 Å². The summed E-state index contributed by atoms with van der Waals surface area (Å²) in [6.45, 7) is 4.67. The van der Waals surface area contributed by atoms with Crippen LogP contribution in [0.2, 0.25) is 0 Å². The van der Waals surface area contributed by atoms with Crippen LogP contribution in [0.15, 0.2) is 36.7 Å². The van der Waals surface area contributed by atoms with Crippen molar-refractivity contribution in [2.75, 3.05) is 0 Å². The summed E-state index contributed by atoms with van der Waals surface area (Å²) in [5.74, 6) is -0.265. The molecule has 0 aliphatic carbocycles. The van der Waals surface area contributed by atoms with Gasteiger partial charge in [0.1, 0.15) is 5.82 Å². The average molecular weight is 262 g/mol. The molecular formula is C15H19FN2O. The molecule has 3 nitrogen and oxygen atoms in total. The van der Waals surface area contributed by atoms with Crippen LogP contribution in [0.5, 0.6) is 0 Å². The molecular weight excluding hydrogens is 243 g/mol. The van der Waals surface area contributed by atoms with E-state index in [4.69, 9.17) is 0 Å². The third kappa shape index (κ3) is 3.41. The summed E-state index contributed by atoms with van der Waals surface area (Å²) < 4.78 is 14.7. The van der Waals surface area contributed by atoms with Gasteiger partial charge in [0.05, 0.1) is 11.8 Å². The number of nitrogens with zero attached hydrogens (tertiary/aromatic N) is 2. The molecule has 0 saturated carbocycles. The maximum Gasteiger partial charge on any atom is 0.123 e. The number of aliphatic hydroxyl groups is 1. The molecule has 1 aromatic carbocycles. The average Bonchev–Trinajstić information content (AvgIpc) is 2.82. The van der Waals surface area contributed by atoms with Gasteiger partial charge >= 0.3 is 0 Å². The standard InChI is InChI=1S/C15H19FN2O/c1-3-8-18-11-13(10-17-18)15(2,19)9-12-4-6-14(16)7-5-12/h4-7,10-11,19H,3,8-9H2,1-2H3. The summed E-state index contributed by atoms with van der Waals surface area (Å²) >= 11 is 0. The van der Waals surface area contributed by atoms with E-state index in [1.165, 1.54) is 12.1 Å². The summed E-state index contributed by atoms with van der Waals surface area (Å²) in [4.78, 5) is 0. The van der Waals surface area contributed by atoms with Crippen molar-refractivity contribution in [1.82, 2.24) is 9.78 Å². The smallest absolute Gasteiger partial charge is 0.123 e. The Morgan fingerprint density at radius 2 is 2.00 bits per heavy atom. The molecule has 0 spiro atoms. The van der Waals surface area contributed by atoms with Crippen LogP contribution in [0, 0.1) is 5.82 Å². The van der Waals surface area contributed by atoms with Crippen LogP contribution in [-0.2, 0) is 18.6 Å². The quantitative estimate of drug-likeness (QED) is 0.899. The van der Waals surface area contributed by atoms with Gasteiger partial charge in [0.25, 0.3) is 0 Å². The Morgan fingerprint density at radius 3 is 2.63 bits per heavy atom. The summed E-state index contributed by atoms with van der Waals surface area (Å²) in [5, 5.41) is 14.8. The maximum atomic E-state index is 12.9.